The van der Waals surface area contributed by atoms with Crippen LogP contribution in [0.5, 0.6) is 0 Å². The second-order valence-corrected chi connectivity index (χ2v) is 5.25. The van der Waals surface area contributed by atoms with Gasteiger partial charge in [-0.2, -0.15) is 0 Å². The van der Waals surface area contributed by atoms with Gasteiger partial charge < -0.3 is 15.5 Å². The maximum Gasteiger partial charge on any atom is 0.139 e. The second-order valence-electron chi connectivity index (χ2n) is 5.25. The lowest BCUT2D eigenvalue weighted by Gasteiger charge is -2.38. The lowest BCUT2D eigenvalue weighted by Crippen LogP contribution is -2.50. The fourth-order valence-corrected chi connectivity index (χ4v) is 2.55. The molecule has 0 aliphatic carbocycles. The van der Waals surface area contributed by atoms with Gasteiger partial charge in [-0.05, 0) is 32.2 Å². The number of nitrogens with zero attached hydrogens (tertiary/aromatic N) is 4. The van der Waals surface area contributed by atoms with Crippen molar-refractivity contribution in [3.63, 3.8) is 0 Å². The van der Waals surface area contributed by atoms with Crippen LogP contribution in [-0.4, -0.2) is 47.6 Å². The third kappa shape index (κ3) is 2.21. The molecule has 5 nitrogen and oxygen atoms in total. The molecule has 2 heterocycles. The summed E-state index contributed by atoms with van der Waals surface area (Å²) in [6.07, 6.45) is 1.63. The van der Waals surface area contributed by atoms with Crippen molar-refractivity contribution < 1.29 is 0 Å². The van der Waals surface area contributed by atoms with E-state index in [9.17, 15) is 0 Å². The van der Waals surface area contributed by atoms with Crippen molar-refractivity contribution >= 4 is 22.4 Å². The standard InChI is InChI=1S/C14H19N5/c1-10-8-19(6-5-18(10)2)14-12-4-3-11(15)7-13(12)16-9-17-14/h3-4,7,9-10H,5-6,8,15H2,1-2H3. The SMILES string of the molecule is CC1CN(c2ncnc3cc(N)ccc23)CCN1C. The summed E-state index contributed by atoms with van der Waals surface area (Å²) in [4.78, 5) is 13.5. The van der Waals surface area contributed by atoms with E-state index in [4.69, 9.17) is 5.73 Å². The van der Waals surface area contributed by atoms with Gasteiger partial charge in [0.2, 0.25) is 0 Å². The first-order valence-corrected chi connectivity index (χ1v) is 6.60. The van der Waals surface area contributed by atoms with Crippen LogP contribution in [0.2, 0.25) is 0 Å². The molecule has 19 heavy (non-hydrogen) atoms. The number of hydrogen-bond donors (Lipinski definition) is 1. The molecule has 100 valence electrons. The molecule has 1 aliphatic heterocycles. The molecule has 1 unspecified atom stereocenters. The van der Waals surface area contributed by atoms with E-state index < -0.39 is 0 Å². The number of benzene rings is 1. The van der Waals surface area contributed by atoms with Crippen LogP contribution in [0.25, 0.3) is 10.9 Å². The Labute approximate surface area is 113 Å². The summed E-state index contributed by atoms with van der Waals surface area (Å²) in [7, 11) is 2.17. The van der Waals surface area contributed by atoms with Gasteiger partial charge in [-0.1, -0.05) is 0 Å². The van der Waals surface area contributed by atoms with Crippen molar-refractivity contribution in [3.8, 4) is 0 Å². The molecule has 1 saturated heterocycles. The fraction of sp³-hybridized carbons (Fsp3) is 0.429. The number of hydrogen-bond acceptors (Lipinski definition) is 5. The van der Waals surface area contributed by atoms with Crippen LogP contribution in [0.1, 0.15) is 6.92 Å². The average Bonchev–Trinajstić information content (AvgIpc) is 2.41. The number of nitrogens with two attached hydrogens (primary N) is 1. The molecule has 0 bridgehead atoms. The highest BCUT2D eigenvalue weighted by Gasteiger charge is 2.22. The van der Waals surface area contributed by atoms with Gasteiger partial charge in [-0.15, -0.1) is 0 Å². The summed E-state index contributed by atoms with van der Waals surface area (Å²) in [5.74, 6) is 1.02. The third-order valence-corrected chi connectivity index (χ3v) is 3.90. The summed E-state index contributed by atoms with van der Waals surface area (Å²) in [6, 6.07) is 6.37. The van der Waals surface area contributed by atoms with E-state index in [2.05, 4.69) is 33.7 Å². The Kier molecular flexibility index (Phi) is 2.98. The van der Waals surface area contributed by atoms with Crippen molar-refractivity contribution in [2.45, 2.75) is 13.0 Å². The van der Waals surface area contributed by atoms with E-state index in [1.807, 2.05) is 18.2 Å². The zero-order chi connectivity index (χ0) is 13.4. The van der Waals surface area contributed by atoms with Crippen LogP contribution in [0, 0.1) is 0 Å². The smallest absolute Gasteiger partial charge is 0.139 e. The van der Waals surface area contributed by atoms with E-state index >= 15 is 0 Å². The zero-order valence-electron chi connectivity index (χ0n) is 11.4. The lowest BCUT2D eigenvalue weighted by atomic mass is 10.1. The summed E-state index contributed by atoms with van der Waals surface area (Å²) in [5, 5.41) is 1.08. The molecule has 1 aromatic heterocycles. The molecular weight excluding hydrogens is 238 g/mol. The molecule has 1 fully saturated rings. The van der Waals surface area contributed by atoms with E-state index in [-0.39, 0.29) is 0 Å². The van der Waals surface area contributed by atoms with Gasteiger partial charge >= 0.3 is 0 Å². The Hall–Kier alpha value is -1.88. The van der Waals surface area contributed by atoms with E-state index in [1.54, 1.807) is 6.33 Å². The summed E-state index contributed by atoms with van der Waals surface area (Å²) in [6.45, 7) is 5.29. The predicted octanol–water partition coefficient (Wildman–Crippen LogP) is 1.35. The van der Waals surface area contributed by atoms with Gasteiger partial charge in [0.15, 0.2) is 0 Å². The molecular formula is C14H19N5. The minimum Gasteiger partial charge on any atom is -0.399 e. The molecule has 1 atom stereocenters. The molecule has 5 heteroatoms. The highest BCUT2D eigenvalue weighted by molar-refractivity contribution is 5.91. The number of anilines is 2. The van der Waals surface area contributed by atoms with Gasteiger partial charge in [0.05, 0.1) is 5.52 Å². The van der Waals surface area contributed by atoms with Crippen LogP contribution in [-0.2, 0) is 0 Å². The number of likely N-dealkylation sites (N-methyl/N-ethyl adjacent to an activating group) is 1. The Morgan fingerprint density at radius 2 is 2.11 bits per heavy atom. The van der Waals surface area contributed by atoms with Crippen molar-refractivity contribution in [1.82, 2.24) is 14.9 Å². The highest BCUT2D eigenvalue weighted by Crippen LogP contribution is 2.26. The van der Waals surface area contributed by atoms with Gasteiger partial charge in [0, 0.05) is 36.7 Å². The van der Waals surface area contributed by atoms with Crippen LogP contribution in [0.15, 0.2) is 24.5 Å². The fourth-order valence-electron chi connectivity index (χ4n) is 2.55. The molecule has 2 N–H and O–H groups in total. The average molecular weight is 257 g/mol. The van der Waals surface area contributed by atoms with Gasteiger partial charge in [0.1, 0.15) is 12.1 Å². The molecule has 3 rings (SSSR count). The summed E-state index contributed by atoms with van der Waals surface area (Å²) >= 11 is 0. The predicted molar refractivity (Wildman–Crippen MR) is 78.3 cm³/mol. The van der Waals surface area contributed by atoms with Crippen molar-refractivity contribution in [1.29, 1.82) is 0 Å². The van der Waals surface area contributed by atoms with Crippen LogP contribution in [0.4, 0.5) is 11.5 Å². The number of aromatic nitrogens is 2. The van der Waals surface area contributed by atoms with Gasteiger partial charge in [-0.25, -0.2) is 9.97 Å². The molecule has 2 aromatic rings. The third-order valence-electron chi connectivity index (χ3n) is 3.90. The number of rotatable bonds is 1. The molecule has 0 saturated carbocycles. The molecule has 1 aliphatic rings. The first kappa shape index (κ1) is 12.2. The summed E-state index contributed by atoms with van der Waals surface area (Å²) < 4.78 is 0. The normalized spacial score (nSPS) is 20.9. The van der Waals surface area contributed by atoms with Gasteiger partial charge in [0.25, 0.3) is 0 Å². The molecule has 0 radical (unpaired) electrons. The van der Waals surface area contributed by atoms with Gasteiger partial charge in [-0.3, -0.25) is 0 Å². The van der Waals surface area contributed by atoms with E-state index in [0.29, 0.717) is 6.04 Å². The Bertz CT molecular complexity index is 597. The Morgan fingerprint density at radius 3 is 2.89 bits per heavy atom. The number of fused-ring (bicyclic) bond motifs is 1. The quantitative estimate of drug-likeness (QED) is 0.782. The van der Waals surface area contributed by atoms with Crippen molar-refractivity contribution in [3.05, 3.63) is 24.5 Å². The maximum absolute atomic E-state index is 5.81. The zero-order valence-corrected chi connectivity index (χ0v) is 11.4. The highest BCUT2D eigenvalue weighted by atomic mass is 15.3. The Morgan fingerprint density at radius 1 is 1.26 bits per heavy atom. The van der Waals surface area contributed by atoms with Crippen LogP contribution < -0.4 is 10.6 Å². The van der Waals surface area contributed by atoms with Crippen molar-refractivity contribution in [2.75, 3.05) is 37.3 Å². The number of piperazine rings is 1. The van der Waals surface area contributed by atoms with Crippen LogP contribution in [0.3, 0.4) is 0 Å². The molecule has 0 amide bonds. The van der Waals surface area contributed by atoms with E-state index in [0.717, 1.165) is 42.0 Å². The minimum absolute atomic E-state index is 0.535. The first-order valence-electron chi connectivity index (χ1n) is 6.60. The largest absolute Gasteiger partial charge is 0.399 e. The lowest BCUT2D eigenvalue weighted by molar-refractivity contribution is 0.233. The molecule has 0 spiro atoms. The van der Waals surface area contributed by atoms with E-state index in [1.165, 1.54) is 0 Å². The number of nitrogen functional groups attached to an aromatic ring is 1. The minimum atomic E-state index is 0.535. The van der Waals surface area contributed by atoms with Crippen molar-refractivity contribution in [2.24, 2.45) is 0 Å². The second kappa shape index (κ2) is 4.66. The molecule has 1 aromatic carbocycles. The summed E-state index contributed by atoms with van der Waals surface area (Å²) in [5.41, 5.74) is 7.47. The maximum atomic E-state index is 5.81. The van der Waals surface area contributed by atoms with Crippen LogP contribution >= 0.6 is 0 Å². The monoisotopic (exact) mass is 257 g/mol. The first-order chi connectivity index (χ1) is 9.15. The Balaban J connectivity index is 2.01. The topological polar surface area (TPSA) is 58.3 Å².